The van der Waals surface area contributed by atoms with Gasteiger partial charge < -0.3 is 19.3 Å². The van der Waals surface area contributed by atoms with Gasteiger partial charge in [0.15, 0.2) is 0 Å². The van der Waals surface area contributed by atoms with Crippen LogP contribution < -0.4 is 0 Å². The van der Waals surface area contributed by atoms with E-state index in [2.05, 4.69) is 6.92 Å². The van der Waals surface area contributed by atoms with E-state index in [-0.39, 0.29) is 30.2 Å². The van der Waals surface area contributed by atoms with Gasteiger partial charge in [0.2, 0.25) is 0 Å². The second kappa shape index (κ2) is 6.83. The van der Waals surface area contributed by atoms with E-state index in [0.29, 0.717) is 45.7 Å². The molecule has 0 spiro atoms. The average Bonchev–Trinajstić information content (AvgIpc) is 2.58. The fraction of sp³-hybridized carbons (Fsp3) is 0.650. The molecule has 142 valence electrons. The quantitative estimate of drug-likeness (QED) is 0.892. The van der Waals surface area contributed by atoms with E-state index in [1.807, 2.05) is 30.3 Å². The summed E-state index contributed by atoms with van der Waals surface area (Å²) < 4.78 is 16.5. The minimum Gasteiger partial charge on any atom is -0.445 e. The van der Waals surface area contributed by atoms with Crippen LogP contribution in [0, 0.1) is 5.41 Å². The van der Waals surface area contributed by atoms with Crippen LogP contribution in [-0.2, 0) is 20.8 Å². The Labute approximate surface area is 154 Å². The molecule has 3 aliphatic rings. The van der Waals surface area contributed by atoms with Crippen molar-refractivity contribution in [2.24, 2.45) is 5.41 Å². The lowest BCUT2D eigenvalue weighted by Gasteiger charge is -2.53. The number of ether oxygens (including phenoxy) is 3. The van der Waals surface area contributed by atoms with Gasteiger partial charge in [-0.1, -0.05) is 37.3 Å². The van der Waals surface area contributed by atoms with Crippen LogP contribution in [0.3, 0.4) is 0 Å². The van der Waals surface area contributed by atoms with E-state index in [9.17, 15) is 9.90 Å². The van der Waals surface area contributed by atoms with Gasteiger partial charge in [0.05, 0.1) is 44.1 Å². The molecular weight excluding hydrogens is 334 g/mol. The Morgan fingerprint density at radius 3 is 2.42 bits per heavy atom. The molecule has 1 aromatic rings. The molecule has 1 amide bonds. The lowest BCUT2D eigenvalue weighted by molar-refractivity contribution is -0.179. The average molecular weight is 361 g/mol. The van der Waals surface area contributed by atoms with Gasteiger partial charge in [-0.05, 0) is 24.8 Å². The highest BCUT2D eigenvalue weighted by Gasteiger charge is 2.52. The predicted octanol–water partition coefficient (Wildman–Crippen LogP) is 2.34. The molecule has 6 heteroatoms. The summed E-state index contributed by atoms with van der Waals surface area (Å²) >= 11 is 0. The van der Waals surface area contributed by atoms with Crippen molar-refractivity contribution in [1.29, 1.82) is 0 Å². The molecule has 3 saturated heterocycles. The van der Waals surface area contributed by atoms with E-state index in [1.54, 1.807) is 4.90 Å². The number of morpholine rings is 1. The van der Waals surface area contributed by atoms with Gasteiger partial charge in [0.1, 0.15) is 6.61 Å². The summed E-state index contributed by atoms with van der Waals surface area (Å²) in [5.74, 6) is 0. The molecule has 2 atom stereocenters. The number of rotatable bonds is 4. The van der Waals surface area contributed by atoms with E-state index >= 15 is 0 Å². The van der Waals surface area contributed by atoms with Crippen LogP contribution in [0.5, 0.6) is 0 Å². The van der Waals surface area contributed by atoms with Crippen LogP contribution in [0.2, 0.25) is 0 Å². The fourth-order valence-corrected chi connectivity index (χ4v) is 4.66. The monoisotopic (exact) mass is 361 g/mol. The molecule has 1 N–H and O–H groups in total. The largest absolute Gasteiger partial charge is 0.445 e. The standard InChI is InChI=1S/C20H27NO5/c1-19(13-25-14-19)12-20(23)7-16-10-24-11-17(8-20)21(16)18(22)26-9-15-5-3-2-4-6-15/h2-6,16-17,23H,7-14H2,1H3. The van der Waals surface area contributed by atoms with Crippen molar-refractivity contribution >= 4 is 6.09 Å². The molecular formula is C20H27NO5. The summed E-state index contributed by atoms with van der Waals surface area (Å²) in [6.45, 7) is 4.71. The molecule has 3 fully saturated rings. The number of piperidine rings is 1. The minimum absolute atomic E-state index is 0.0416. The van der Waals surface area contributed by atoms with Gasteiger partial charge in [-0.15, -0.1) is 0 Å². The van der Waals surface area contributed by atoms with Crippen molar-refractivity contribution in [3.63, 3.8) is 0 Å². The topological polar surface area (TPSA) is 68.2 Å². The Kier molecular flexibility index (Phi) is 4.67. The zero-order valence-corrected chi connectivity index (χ0v) is 15.2. The maximum Gasteiger partial charge on any atom is 0.410 e. The lowest BCUT2D eigenvalue weighted by Crippen LogP contribution is -2.64. The first-order valence-corrected chi connectivity index (χ1v) is 9.33. The van der Waals surface area contributed by atoms with E-state index in [4.69, 9.17) is 14.2 Å². The highest BCUT2D eigenvalue weighted by molar-refractivity contribution is 5.69. The third kappa shape index (κ3) is 3.59. The first kappa shape index (κ1) is 17.8. The number of carbonyl (C=O) groups excluding carboxylic acids is 1. The predicted molar refractivity (Wildman–Crippen MR) is 94.6 cm³/mol. The van der Waals surface area contributed by atoms with Crippen molar-refractivity contribution in [3.05, 3.63) is 35.9 Å². The molecule has 3 heterocycles. The van der Waals surface area contributed by atoms with Crippen molar-refractivity contribution in [2.75, 3.05) is 26.4 Å². The number of benzene rings is 1. The number of fused-ring (bicyclic) bond motifs is 2. The number of nitrogens with zero attached hydrogens (tertiary/aromatic N) is 1. The summed E-state index contributed by atoms with van der Waals surface area (Å²) in [5.41, 5.74) is 0.238. The van der Waals surface area contributed by atoms with E-state index < -0.39 is 5.60 Å². The number of amides is 1. The van der Waals surface area contributed by atoms with E-state index in [0.717, 1.165) is 5.56 Å². The van der Waals surface area contributed by atoms with Gasteiger partial charge >= 0.3 is 6.09 Å². The Morgan fingerprint density at radius 1 is 1.19 bits per heavy atom. The molecule has 4 rings (SSSR count). The zero-order chi connectivity index (χ0) is 18.2. The maximum atomic E-state index is 12.7. The third-order valence-corrected chi connectivity index (χ3v) is 5.71. The van der Waals surface area contributed by atoms with Crippen LogP contribution in [-0.4, -0.2) is 60.2 Å². The molecule has 2 unspecified atom stereocenters. The van der Waals surface area contributed by atoms with E-state index in [1.165, 1.54) is 0 Å². The zero-order valence-electron chi connectivity index (χ0n) is 15.2. The van der Waals surface area contributed by atoms with Crippen LogP contribution in [0.15, 0.2) is 30.3 Å². The minimum atomic E-state index is -0.770. The fourth-order valence-electron chi connectivity index (χ4n) is 4.66. The summed E-state index contributed by atoms with van der Waals surface area (Å²) in [5, 5.41) is 11.2. The van der Waals surface area contributed by atoms with Crippen molar-refractivity contribution in [3.8, 4) is 0 Å². The van der Waals surface area contributed by atoms with Gasteiger partial charge in [-0.25, -0.2) is 4.79 Å². The Balaban J connectivity index is 1.41. The SMILES string of the molecule is CC1(CC2(O)CC3COCC(C2)N3C(=O)OCc2ccccc2)COC1. The lowest BCUT2D eigenvalue weighted by atomic mass is 9.70. The molecule has 26 heavy (non-hydrogen) atoms. The number of aliphatic hydroxyl groups is 1. The highest BCUT2D eigenvalue weighted by atomic mass is 16.6. The Morgan fingerprint density at radius 2 is 1.85 bits per heavy atom. The van der Waals surface area contributed by atoms with Gasteiger partial charge in [-0.3, -0.25) is 4.90 Å². The second-order valence-electron chi connectivity index (χ2n) is 8.41. The first-order valence-electron chi connectivity index (χ1n) is 9.33. The number of carbonyl (C=O) groups is 1. The van der Waals surface area contributed by atoms with Crippen molar-refractivity contribution in [2.45, 2.75) is 50.5 Å². The Hall–Kier alpha value is -1.63. The molecule has 6 nitrogen and oxygen atoms in total. The normalized spacial score (nSPS) is 32.6. The molecule has 0 aromatic heterocycles. The molecule has 0 aliphatic carbocycles. The molecule has 0 saturated carbocycles. The van der Waals surface area contributed by atoms with Crippen LogP contribution in [0.1, 0.15) is 31.7 Å². The molecule has 3 aliphatic heterocycles. The first-order chi connectivity index (χ1) is 12.5. The van der Waals surface area contributed by atoms with Crippen molar-refractivity contribution < 1.29 is 24.1 Å². The van der Waals surface area contributed by atoms with Gasteiger partial charge in [-0.2, -0.15) is 0 Å². The second-order valence-corrected chi connectivity index (χ2v) is 8.41. The summed E-state index contributed by atoms with van der Waals surface area (Å²) in [6, 6.07) is 9.39. The number of hydrogen-bond acceptors (Lipinski definition) is 5. The van der Waals surface area contributed by atoms with Gasteiger partial charge in [0.25, 0.3) is 0 Å². The summed E-state index contributed by atoms with van der Waals surface area (Å²) in [7, 11) is 0. The molecule has 0 radical (unpaired) electrons. The molecule has 1 aromatic carbocycles. The molecule has 2 bridgehead atoms. The smallest absolute Gasteiger partial charge is 0.410 e. The highest BCUT2D eigenvalue weighted by Crippen LogP contribution is 2.44. The van der Waals surface area contributed by atoms with Crippen molar-refractivity contribution in [1.82, 2.24) is 4.90 Å². The van der Waals surface area contributed by atoms with Crippen LogP contribution in [0.4, 0.5) is 4.79 Å². The Bertz CT molecular complexity index is 631. The van der Waals surface area contributed by atoms with Gasteiger partial charge in [0, 0.05) is 5.41 Å². The van der Waals surface area contributed by atoms with Crippen LogP contribution >= 0.6 is 0 Å². The number of hydrogen-bond donors (Lipinski definition) is 1. The third-order valence-electron chi connectivity index (χ3n) is 5.71. The summed E-state index contributed by atoms with van der Waals surface area (Å²) in [4.78, 5) is 14.5. The van der Waals surface area contributed by atoms with Crippen LogP contribution in [0.25, 0.3) is 0 Å². The maximum absolute atomic E-state index is 12.7. The summed E-state index contributed by atoms with van der Waals surface area (Å²) in [6.07, 6.45) is 1.45.